The summed E-state index contributed by atoms with van der Waals surface area (Å²) in [5.41, 5.74) is 1.05. The first-order valence-electron chi connectivity index (χ1n) is 4.88. The van der Waals surface area contributed by atoms with Gasteiger partial charge in [-0.05, 0) is 24.6 Å². The van der Waals surface area contributed by atoms with E-state index in [-0.39, 0.29) is 5.91 Å². The van der Waals surface area contributed by atoms with Gasteiger partial charge in [-0.25, -0.2) is 9.97 Å². The second-order valence-electron chi connectivity index (χ2n) is 3.53. The largest absolute Gasteiger partial charge is 0.330 e. The molecule has 1 amide bonds. The first-order chi connectivity index (χ1) is 7.66. The number of anilines is 1. The molecular formula is C11H12N4O. The Morgan fingerprint density at radius 1 is 1.38 bits per heavy atom. The number of carbonyl (C=O) groups excluding carboxylic acids is 1. The smallest absolute Gasteiger partial charge is 0.292 e. The van der Waals surface area contributed by atoms with Crippen LogP contribution in [0.5, 0.6) is 0 Å². The van der Waals surface area contributed by atoms with Crippen LogP contribution in [0.2, 0.25) is 0 Å². The fourth-order valence-electron chi connectivity index (χ4n) is 1.36. The van der Waals surface area contributed by atoms with E-state index in [1.54, 1.807) is 36.3 Å². The van der Waals surface area contributed by atoms with E-state index in [2.05, 4.69) is 15.3 Å². The number of imidazole rings is 1. The summed E-state index contributed by atoms with van der Waals surface area (Å²) in [6.45, 7) is 1.94. The molecule has 0 aliphatic rings. The first-order valence-corrected chi connectivity index (χ1v) is 4.88. The lowest BCUT2D eigenvalue weighted by Gasteiger charge is -2.04. The minimum atomic E-state index is -0.259. The van der Waals surface area contributed by atoms with Crippen molar-refractivity contribution in [1.29, 1.82) is 0 Å². The van der Waals surface area contributed by atoms with Gasteiger partial charge in [0.2, 0.25) is 0 Å². The van der Waals surface area contributed by atoms with E-state index in [1.165, 1.54) is 0 Å². The van der Waals surface area contributed by atoms with Gasteiger partial charge in [0.25, 0.3) is 5.91 Å². The van der Waals surface area contributed by atoms with Crippen molar-refractivity contribution >= 4 is 11.7 Å². The number of rotatable bonds is 2. The SMILES string of the molecule is Cc1ccnc(NC(=O)c2nccn2C)c1. The average molecular weight is 216 g/mol. The molecule has 0 aromatic carbocycles. The number of amides is 1. The molecular weight excluding hydrogens is 204 g/mol. The maximum absolute atomic E-state index is 11.8. The van der Waals surface area contributed by atoms with Crippen LogP contribution >= 0.6 is 0 Å². The van der Waals surface area contributed by atoms with Crippen molar-refractivity contribution in [3.05, 3.63) is 42.1 Å². The predicted molar refractivity (Wildman–Crippen MR) is 60.1 cm³/mol. The van der Waals surface area contributed by atoms with Gasteiger partial charge in [-0.1, -0.05) is 0 Å². The number of pyridine rings is 1. The summed E-state index contributed by atoms with van der Waals surface area (Å²) in [5, 5.41) is 2.69. The molecule has 0 fully saturated rings. The zero-order chi connectivity index (χ0) is 11.5. The third-order valence-electron chi connectivity index (χ3n) is 2.18. The Kier molecular flexibility index (Phi) is 2.68. The Balaban J connectivity index is 2.17. The fraction of sp³-hybridized carbons (Fsp3) is 0.182. The monoisotopic (exact) mass is 216 g/mol. The van der Waals surface area contributed by atoms with Crippen LogP contribution in [0, 0.1) is 6.92 Å². The third-order valence-corrected chi connectivity index (χ3v) is 2.18. The summed E-state index contributed by atoms with van der Waals surface area (Å²) in [6, 6.07) is 3.68. The molecule has 5 nitrogen and oxygen atoms in total. The first kappa shape index (κ1) is 10.4. The number of carbonyl (C=O) groups is 1. The average Bonchev–Trinajstić information content (AvgIpc) is 2.64. The standard InChI is InChI=1S/C11H12N4O/c1-8-3-4-12-9(7-8)14-11(16)10-13-5-6-15(10)2/h3-7H,1-2H3,(H,12,14,16). The van der Waals surface area contributed by atoms with Gasteiger partial charge in [0.05, 0.1) is 0 Å². The molecule has 0 radical (unpaired) electrons. The Labute approximate surface area is 93.2 Å². The third kappa shape index (κ3) is 2.08. The number of nitrogens with zero attached hydrogens (tertiary/aromatic N) is 3. The molecule has 0 saturated carbocycles. The highest BCUT2D eigenvalue weighted by Gasteiger charge is 2.11. The van der Waals surface area contributed by atoms with Gasteiger partial charge in [-0.15, -0.1) is 0 Å². The van der Waals surface area contributed by atoms with Gasteiger partial charge in [0, 0.05) is 25.6 Å². The Hall–Kier alpha value is -2.17. The summed E-state index contributed by atoms with van der Waals surface area (Å²) in [7, 11) is 1.77. The van der Waals surface area contributed by atoms with Crippen molar-refractivity contribution in [2.45, 2.75) is 6.92 Å². The van der Waals surface area contributed by atoms with Crippen molar-refractivity contribution in [2.75, 3.05) is 5.32 Å². The van der Waals surface area contributed by atoms with Gasteiger partial charge in [0.15, 0.2) is 5.82 Å². The molecule has 2 rings (SSSR count). The topological polar surface area (TPSA) is 59.8 Å². The zero-order valence-corrected chi connectivity index (χ0v) is 9.14. The van der Waals surface area contributed by atoms with Crippen LogP contribution in [0.3, 0.4) is 0 Å². The molecule has 0 atom stereocenters. The highest BCUT2D eigenvalue weighted by molar-refractivity contribution is 6.01. The van der Waals surface area contributed by atoms with Crippen LogP contribution in [0.25, 0.3) is 0 Å². The number of nitrogens with one attached hydrogen (secondary N) is 1. The van der Waals surface area contributed by atoms with Crippen molar-refractivity contribution < 1.29 is 4.79 Å². The number of hydrogen-bond acceptors (Lipinski definition) is 3. The molecule has 2 aromatic heterocycles. The summed E-state index contributed by atoms with van der Waals surface area (Å²) in [6.07, 6.45) is 4.96. The molecule has 0 aliphatic heterocycles. The molecule has 2 heterocycles. The second kappa shape index (κ2) is 4.14. The van der Waals surface area contributed by atoms with Gasteiger partial charge in [-0.2, -0.15) is 0 Å². The van der Waals surface area contributed by atoms with E-state index in [0.29, 0.717) is 11.6 Å². The number of aromatic nitrogens is 3. The van der Waals surface area contributed by atoms with Crippen molar-refractivity contribution in [1.82, 2.24) is 14.5 Å². The van der Waals surface area contributed by atoms with E-state index < -0.39 is 0 Å². The van der Waals surface area contributed by atoms with Gasteiger partial charge < -0.3 is 9.88 Å². The van der Waals surface area contributed by atoms with Crippen LogP contribution < -0.4 is 5.32 Å². The molecule has 0 bridgehead atoms. The lowest BCUT2D eigenvalue weighted by atomic mass is 10.3. The van der Waals surface area contributed by atoms with E-state index in [4.69, 9.17) is 0 Å². The van der Waals surface area contributed by atoms with E-state index in [1.807, 2.05) is 13.0 Å². The highest BCUT2D eigenvalue weighted by atomic mass is 16.2. The van der Waals surface area contributed by atoms with Gasteiger partial charge >= 0.3 is 0 Å². The minimum absolute atomic E-state index is 0.259. The lowest BCUT2D eigenvalue weighted by Crippen LogP contribution is -2.17. The number of aryl methyl sites for hydroxylation is 2. The molecule has 5 heteroatoms. The van der Waals surface area contributed by atoms with E-state index in [0.717, 1.165) is 5.56 Å². The van der Waals surface area contributed by atoms with Gasteiger partial charge in [-0.3, -0.25) is 4.79 Å². The fourth-order valence-corrected chi connectivity index (χ4v) is 1.36. The quantitative estimate of drug-likeness (QED) is 0.824. The molecule has 0 unspecified atom stereocenters. The maximum Gasteiger partial charge on any atom is 0.292 e. The van der Waals surface area contributed by atoms with Crippen molar-refractivity contribution in [3.8, 4) is 0 Å². The minimum Gasteiger partial charge on any atom is -0.330 e. The summed E-state index contributed by atoms with van der Waals surface area (Å²) >= 11 is 0. The van der Waals surface area contributed by atoms with Crippen LogP contribution in [0.15, 0.2) is 30.7 Å². The molecule has 1 N–H and O–H groups in total. The van der Waals surface area contributed by atoms with E-state index >= 15 is 0 Å². The van der Waals surface area contributed by atoms with Gasteiger partial charge in [0.1, 0.15) is 5.82 Å². The van der Waals surface area contributed by atoms with Crippen LogP contribution in [0.1, 0.15) is 16.2 Å². The molecule has 0 spiro atoms. The number of hydrogen-bond donors (Lipinski definition) is 1. The Bertz CT molecular complexity index is 518. The Morgan fingerprint density at radius 3 is 2.81 bits per heavy atom. The van der Waals surface area contributed by atoms with Crippen LogP contribution in [-0.2, 0) is 7.05 Å². The highest BCUT2D eigenvalue weighted by Crippen LogP contribution is 2.06. The normalized spacial score (nSPS) is 10.1. The molecule has 82 valence electrons. The molecule has 0 saturated heterocycles. The van der Waals surface area contributed by atoms with Crippen LogP contribution in [-0.4, -0.2) is 20.4 Å². The summed E-state index contributed by atoms with van der Waals surface area (Å²) in [4.78, 5) is 19.8. The second-order valence-corrected chi connectivity index (χ2v) is 3.53. The maximum atomic E-state index is 11.8. The van der Waals surface area contributed by atoms with E-state index in [9.17, 15) is 4.79 Å². The van der Waals surface area contributed by atoms with Crippen LogP contribution in [0.4, 0.5) is 5.82 Å². The summed E-state index contributed by atoms with van der Waals surface area (Å²) < 4.78 is 1.66. The zero-order valence-electron chi connectivity index (χ0n) is 9.14. The predicted octanol–water partition coefficient (Wildman–Crippen LogP) is 1.38. The summed E-state index contributed by atoms with van der Waals surface area (Å²) in [5.74, 6) is 0.641. The Morgan fingerprint density at radius 2 is 2.19 bits per heavy atom. The molecule has 16 heavy (non-hydrogen) atoms. The molecule has 0 aliphatic carbocycles. The lowest BCUT2D eigenvalue weighted by molar-refractivity contribution is 0.101. The van der Waals surface area contributed by atoms with Crippen molar-refractivity contribution in [3.63, 3.8) is 0 Å². The van der Waals surface area contributed by atoms with Crippen molar-refractivity contribution in [2.24, 2.45) is 7.05 Å². The molecule has 2 aromatic rings.